The van der Waals surface area contributed by atoms with Crippen LogP contribution in [0.15, 0.2) is 36.7 Å². The van der Waals surface area contributed by atoms with E-state index in [2.05, 4.69) is 52.6 Å². The molecule has 0 bridgehead atoms. The number of piperazine rings is 1. The van der Waals surface area contributed by atoms with Gasteiger partial charge in [-0.15, -0.1) is 0 Å². The molecule has 1 fully saturated rings. The SMILES string of the molecule is CCCCC(=O)N1CCN(c2nccn2-c2ccc(C)cc2)CC1. The van der Waals surface area contributed by atoms with Gasteiger partial charge in [0.25, 0.3) is 0 Å². The highest BCUT2D eigenvalue weighted by Crippen LogP contribution is 2.20. The molecule has 24 heavy (non-hydrogen) atoms. The number of benzene rings is 1. The molecule has 0 radical (unpaired) electrons. The number of aromatic nitrogens is 2. The Morgan fingerprint density at radius 3 is 2.50 bits per heavy atom. The van der Waals surface area contributed by atoms with Gasteiger partial charge in [0.1, 0.15) is 0 Å². The summed E-state index contributed by atoms with van der Waals surface area (Å²) in [5, 5.41) is 0. The third-order valence-electron chi connectivity index (χ3n) is 4.59. The van der Waals surface area contributed by atoms with Gasteiger partial charge in [0.05, 0.1) is 0 Å². The van der Waals surface area contributed by atoms with Crippen molar-refractivity contribution in [2.24, 2.45) is 0 Å². The molecule has 3 rings (SSSR count). The lowest BCUT2D eigenvalue weighted by Crippen LogP contribution is -2.49. The van der Waals surface area contributed by atoms with Crippen molar-refractivity contribution >= 4 is 11.9 Å². The molecule has 1 aromatic heterocycles. The van der Waals surface area contributed by atoms with E-state index < -0.39 is 0 Å². The first-order valence-corrected chi connectivity index (χ1v) is 8.82. The molecule has 1 aliphatic rings. The number of nitrogens with zero attached hydrogens (tertiary/aromatic N) is 4. The quantitative estimate of drug-likeness (QED) is 0.848. The Balaban J connectivity index is 1.66. The maximum Gasteiger partial charge on any atom is 0.222 e. The monoisotopic (exact) mass is 326 g/mol. The summed E-state index contributed by atoms with van der Waals surface area (Å²) < 4.78 is 2.12. The zero-order valence-corrected chi connectivity index (χ0v) is 14.6. The van der Waals surface area contributed by atoms with E-state index in [9.17, 15) is 4.79 Å². The van der Waals surface area contributed by atoms with Crippen LogP contribution in [0, 0.1) is 6.92 Å². The second-order valence-corrected chi connectivity index (χ2v) is 6.40. The first-order valence-electron chi connectivity index (χ1n) is 8.82. The molecule has 1 aromatic carbocycles. The number of imidazole rings is 1. The molecule has 2 heterocycles. The average Bonchev–Trinajstić information content (AvgIpc) is 3.10. The van der Waals surface area contributed by atoms with Crippen molar-refractivity contribution in [1.82, 2.24) is 14.5 Å². The standard InChI is InChI=1S/C19H26N4O/c1-3-4-5-18(24)21-12-14-22(15-13-21)19-20-10-11-23(19)17-8-6-16(2)7-9-17/h6-11H,3-5,12-15H2,1-2H3. The van der Waals surface area contributed by atoms with Gasteiger partial charge in [-0.2, -0.15) is 0 Å². The normalized spacial score (nSPS) is 14.9. The van der Waals surface area contributed by atoms with Gasteiger partial charge in [0.15, 0.2) is 0 Å². The van der Waals surface area contributed by atoms with Gasteiger partial charge >= 0.3 is 0 Å². The lowest BCUT2D eigenvalue weighted by molar-refractivity contribution is -0.131. The number of amides is 1. The highest BCUT2D eigenvalue weighted by atomic mass is 16.2. The average molecular weight is 326 g/mol. The molecule has 5 nitrogen and oxygen atoms in total. The zero-order valence-electron chi connectivity index (χ0n) is 14.6. The number of anilines is 1. The lowest BCUT2D eigenvalue weighted by atomic mass is 10.2. The van der Waals surface area contributed by atoms with Crippen LogP contribution in [0.4, 0.5) is 5.95 Å². The van der Waals surface area contributed by atoms with Crippen LogP contribution in [0.1, 0.15) is 31.7 Å². The van der Waals surface area contributed by atoms with E-state index in [1.54, 1.807) is 0 Å². The fourth-order valence-electron chi connectivity index (χ4n) is 3.08. The molecule has 0 N–H and O–H groups in total. The maximum absolute atomic E-state index is 12.2. The largest absolute Gasteiger partial charge is 0.339 e. The van der Waals surface area contributed by atoms with Crippen LogP contribution < -0.4 is 4.90 Å². The van der Waals surface area contributed by atoms with Crippen LogP contribution in [-0.4, -0.2) is 46.5 Å². The second kappa shape index (κ2) is 7.51. The zero-order chi connectivity index (χ0) is 16.9. The molecule has 128 valence electrons. The summed E-state index contributed by atoms with van der Waals surface area (Å²) in [5.74, 6) is 1.25. The minimum absolute atomic E-state index is 0.290. The number of hydrogen-bond acceptors (Lipinski definition) is 3. The Morgan fingerprint density at radius 1 is 1.12 bits per heavy atom. The van der Waals surface area contributed by atoms with Crippen molar-refractivity contribution in [2.75, 3.05) is 31.1 Å². The van der Waals surface area contributed by atoms with E-state index in [0.29, 0.717) is 12.3 Å². The molecule has 1 aliphatic heterocycles. The Morgan fingerprint density at radius 2 is 1.83 bits per heavy atom. The Labute approximate surface area is 143 Å². The van der Waals surface area contributed by atoms with Crippen molar-refractivity contribution in [3.05, 3.63) is 42.2 Å². The fraction of sp³-hybridized carbons (Fsp3) is 0.474. The number of carbonyl (C=O) groups is 1. The summed E-state index contributed by atoms with van der Waals surface area (Å²) >= 11 is 0. The van der Waals surface area contributed by atoms with Gasteiger partial charge in [0.2, 0.25) is 11.9 Å². The highest BCUT2D eigenvalue weighted by Gasteiger charge is 2.23. The number of carbonyl (C=O) groups excluding carboxylic acids is 1. The molecule has 1 amide bonds. The molecule has 0 aliphatic carbocycles. The fourth-order valence-corrected chi connectivity index (χ4v) is 3.08. The van der Waals surface area contributed by atoms with Gasteiger partial charge in [-0.1, -0.05) is 31.0 Å². The molecule has 2 aromatic rings. The Hall–Kier alpha value is -2.30. The van der Waals surface area contributed by atoms with Crippen LogP contribution in [0.2, 0.25) is 0 Å². The maximum atomic E-state index is 12.2. The van der Waals surface area contributed by atoms with Gasteiger partial charge in [-0.05, 0) is 25.5 Å². The number of unbranched alkanes of at least 4 members (excludes halogenated alkanes) is 1. The van der Waals surface area contributed by atoms with Gasteiger partial charge in [0, 0.05) is 50.7 Å². The number of rotatable bonds is 5. The minimum atomic E-state index is 0.290. The first kappa shape index (κ1) is 16.6. The molecule has 0 saturated carbocycles. The molecule has 0 unspecified atom stereocenters. The predicted octanol–water partition coefficient (Wildman–Crippen LogP) is 3.02. The van der Waals surface area contributed by atoms with Crippen LogP contribution >= 0.6 is 0 Å². The Bertz CT molecular complexity index is 669. The van der Waals surface area contributed by atoms with E-state index in [4.69, 9.17) is 0 Å². The van der Waals surface area contributed by atoms with Crippen LogP contribution in [0.3, 0.4) is 0 Å². The van der Waals surface area contributed by atoms with E-state index in [0.717, 1.165) is 50.7 Å². The molecule has 1 saturated heterocycles. The van der Waals surface area contributed by atoms with E-state index in [1.807, 2.05) is 17.3 Å². The third-order valence-corrected chi connectivity index (χ3v) is 4.59. The van der Waals surface area contributed by atoms with Crippen LogP contribution in [-0.2, 0) is 4.79 Å². The van der Waals surface area contributed by atoms with Crippen molar-refractivity contribution < 1.29 is 4.79 Å². The first-order chi connectivity index (χ1) is 11.7. The summed E-state index contributed by atoms with van der Waals surface area (Å²) in [5.41, 5.74) is 2.37. The summed E-state index contributed by atoms with van der Waals surface area (Å²) in [4.78, 5) is 21.0. The summed E-state index contributed by atoms with van der Waals surface area (Å²) in [7, 11) is 0. The second-order valence-electron chi connectivity index (χ2n) is 6.40. The van der Waals surface area contributed by atoms with Crippen molar-refractivity contribution in [3.8, 4) is 5.69 Å². The van der Waals surface area contributed by atoms with Gasteiger partial charge < -0.3 is 9.80 Å². The van der Waals surface area contributed by atoms with Crippen LogP contribution in [0.25, 0.3) is 5.69 Å². The minimum Gasteiger partial charge on any atom is -0.339 e. The number of aryl methyl sites for hydroxylation is 1. The third kappa shape index (κ3) is 3.61. The van der Waals surface area contributed by atoms with Crippen LogP contribution in [0.5, 0.6) is 0 Å². The van der Waals surface area contributed by atoms with E-state index >= 15 is 0 Å². The lowest BCUT2D eigenvalue weighted by Gasteiger charge is -2.35. The van der Waals surface area contributed by atoms with Crippen molar-refractivity contribution in [2.45, 2.75) is 33.1 Å². The molecular formula is C19H26N4O. The molecule has 5 heteroatoms. The van der Waals surface area contributed by atoms with Gasteiger partial charge in [-0.25, -0.2) is 4.98 Å². The van der Waals surface area contributed by atoms with Gasteiger partial charge in [-0.3, -0.25) is 9.36 Å². The van der Waals surface area contributed by atoms with Crippen molar-refractivity contribution in [1.29, 1.82) is 0 Å². The highest BCUT2D eigenvalue weighted by molar-refractivity contribution is 5.76. The van der Waals surface area contributed by atoms with E-state index in [-0.39, 0.29) is 0 Å². The summed E-state index contributed by atoms with van der Waals surface area (Å²) in [6.07, 6.45) is 6.57. The van der Waals surface area contributed by atoms with Crippen molar-refractivity contribution in [3.63, 3.8) is 0 Å². The predicted molar refractivity (Wildman–Crippen MR) is 96.6 cm³/mol. The summed E-state index contributed by atoms with van der Waals surface area (Å²) in [6, 6.07) is 8.46. The smallest absolute Gasteiger partial charge is 0.222 e. The summed E-state index contributed by atoms with van der Waals surface area (Å²) in [6.45, 7) is 7.44. The molecule has 0 spiro atoms. The molecular weight excluding hydrogens is 300 g/mol. The van der Waals surface area contributed by atoms with E-state index in [1.165, 1.54) is 5.56 Å². The Kier molecular flexibility index (Phi) is 5.18. The number of hydrogen-bond donors (Lipinski definition) is 0. The molecule has 0 atom stereocenters. The topological polar surface area (TPSA) is 41.4 Å².